The van der Waals surface area contributed by atoms with Crippen molar-refractivity contribution in [3.05, 3.63) is 0 Å². The Hall–Kier alpha value is 0.0149. The quantitative estimate of drug-likeness (QED) is 0.0923. The summed E-state index contributed by atoms with van der Waals surface area (Å²) in [5, 5.41) is 0. The van der Waals surface area contributed by atoms with Crippen molar-refractivity contribution in [3.63, 3.8) is 0 Å². The lowest BCUT2D eigenvalue weighted by Gasteiger charge is -2.05. The molecule has 198 valence electrons. The van der Waals surface area contributed by atoms with Crippen LogP contribution in [0, 0.1) is 0 Å². The molecule has 0 amide bonds. The highest BCUT2D eigenvalue weighted by Gasteiger charge is 2.02. The number of carbonyl (C=O) groups excluding carboxylic acids is 1. The van der Waals surface area contributed by atoms with E-state index in [0.29, 0.717) is 13.0 Å². The zero-order chi connectivity index (χ0) is 26.3. The zero-order valence-electron chi connectivity index (χ0n) is 24.3. The van der Waals surface area contributed by atoms with E-state index in [-0.39, 0.29) is 5.97 Å². The topological polar surface area (TPSA) is 26.3 Å². The molecular formula is C28H64BBrO2. The molecule has 4 heteroatoms. The van der Waals surface area contributed by atoms with Crippen LogP contribution < -0.4 is 0 Å². The van der Waals surface area contributed by atoms with Crippen LogP contribution in [0.25, 0.3) is 0 Å². The SMILES string of the molecule is CBr.CC.CC.CCC.CCC.[B]CCCCCCCOC(=O)CCCCCCCCC. The van der Waals surface area contributed by atoms with Crippen molar-refractivity contribution >= 4 is 29.7 Å². The van der Waals surface area contributed by atoms with Gasteiger partial charge in [0.2, 0.25) is 0 Å². The Bertz CT molecular complexity index is 217. The molecule has 0 aromatic heterocycles. The number of rotatable bonds is 15. The Labute approximate surface area is 216 Å². The van der Waals surface area contributed by atoms with Crippen LogP contribution in [-0.2, 0) is 9.53 Å². The van der Waals surface area contributed by atoms with Crippen molar-refractivity contribution in [2.45, 2.75) is 165 Å². The van der Waals surface area contributed by atoms with Crippen molar-refractivity contribution in [2.24, 2.45) is 0 Å². The second-order valence-electron chi connectivity index (χ2n) is 7.06. The number of hydrogen-bond donors (Lipinski definition) is 0. The lowest BCUT2D eigenvalue weighted by atomic mass is 9.99. The predicted octanol–water partition coefficient (Wildman–Crippen LogP) is 11.1. The summed E-state index contributed by atoms with van der Waals surface area (Å²) in [5.74, 6) is 1.80. The molecule has 0 aliphatic carbocycles. The van der Waals surface area contributed by atoms with Crippen molar-refractivity contribution in [3.8, 4) is 0 Å². The number of alkyl halides is 1. The van der Waals surface area contributed by atoms with Crippen molar-refractivity contribution in [1.29, 1.82) is 0 Å². The summed E-state index contributed by atoms with van der Waals surface area (Å²) >= 11 is 2.94. The maximum atomic E-state index is 11.5. The molecule has 0 saturated heterocycles. The Kier molecular flexibility index (Phi) is 90.0. The minimum atomic E-state index is -0.0134. The van der Waals surface area contributed by atoms with Gasteiger partial charge in [-0.3, -0.25) is 4.79 Å². The molecule has 2 nitrogen and oxygen atoms in total. The van der Waals surface area contributed by atoms with Crippen LogP contribution in [-0.4, -0.2) is 26.3 Å². The van der Waals surface area contributed by atoms with E-state index >= 15 is 0 Å². The van der Waals surface area contributed by atoms with Gasteiger partial charge in [-0.1, -0.05) is 162 Å². The third-order valence-electron chi connectivity index (χ3n) is 3.60. The Morgan fingerprint density at radius 2 is 0.969 bits per heavy atom. The molecule has 0 aliphatic heterocycles. The monoisotopic (exact) mass is 522 g/mol. The highest BCUT2D eigenvalue weighted by Crippen LogP contribution is 2.09. The molecular weight excluding hydrogens is 459 g/mol. The number of esters is 1. The van der Waals surface area contributed by atoms with E-state index in [1.807, 2.05) is 33.5 Å². The van der Waals surface area contributed by atoms with E-state index in [4.69, 9.17) is 12.6 Å². The van der Waals surface area contributed by atoms with Gasteiger partial charge in [-0.05, 0) is 18.7 Å². The summed E-state index contributed by atoms with van der Waals surface area (Å²) in [6, 6.07) is 0. The van der Waals surface area contributed by atoms with Crippen LogP contribution in [0.4, 0.5) is 0 Å². The van der Waals surface area contributed by atoms with Gasteiger partial charge in [0, 0.05) is 6.42 Å². The van der Waals surface area contributed by atoms with Crippen LogP contribution >= 0.6 is 15.9 Å². The molecule has 0 heterocycles. The summed E-state index contributed by atoms with van der Waals surface area (Å²) in [5.41, 5.74) is 0. The average Bonchev–Trinajstić information content (AvgIpc) is 2.83. The maximum absolute atomic E-state index is 11.5. The van der Waals surface area contributed by atoms with Crippen molar-refractivity contribution in [1.82, 2.24) is 0 Å². The summed E-state index contributed by atoms with van der Waals surface area (Å²) < 4.78 is 5.23. The molecule has 0 spiro atoms. The number of carbonyl (C=O) groups is 1. The fourth-order valence-corrected chi connectivity index (χ4v) is 2.26. The lowest BCUT2D eigenvalue weighted by molar-refractivity contribution is -0.143. The van der Waals surface area contributed by atoms with Crippen molar-refractivity contribution in [2.75, 3.05) is 12.4 Å². The van der Waals surface area contributed by atoms with Crippen LogP contribution in [0.5, 0.6) is 0 Å². The normalized spacial score (nSPS) is 8.34. The molecule has 0 bridgehead atoms. The Morgan fingerprint density at radius 3 is 1.38 bits per heavy atom. The van der Waals surface area contributed by atoms with E-state index < -0.39 is 0 Å². The molecule has 0 fully saturated rings. The zero-order valence-corrected chi connectivity index (χ0v) is 25.9. The van der Waals surface area contributed by atoms with Gasteiger partial charge >= 0.3 is 5.97 Å². The molecule has 0 saturated carbocycles. The van der Waals surface area contributed by atoms with Gasteiger partial charge in [-0.25, -0.2) is 0 Å². The minimum absolute atomic E-state index is 0.0134. The van der Waals surface area contributed by atoms with Gasteiger partial charge < -0.3 is 4.74 Å². The van der Waals surface area contributed by atoms with Crippen LogP contribution in [0.15, 0.2) is 0 Å². The maximum Gasteiger partial charge on any atom is 0.305 e. The molecule has 32 heavy (non-hydrogen) atoms. The fraction of sp³-hybridized carbons (Fsp3) is 0.964. The van der Waals surface area contributed by atoms with Gasteiger partial charge in [0.1, 0.15) is 0 Å². The van der Waals surface area contributed by atoms with Crippen LogP contribution in [0.3, 0.4) is 0 Å². The highest BCUT2D eigenvalue weighted by atomic mass is 79.9. The van der Waals surface area contributed by atoms with Gasteiger partial charge in [0.05, 0.1) is 14.5 Å². The number of hydrogen-bond acceptors (Lipinski definition) is 2. The van der Waals surface area contributed by atoms with Gasteiger partial charge in [0.15, 0.2) is 0 Å². The van der Waals surface area contributed by atoms with E-state index in [0.717, 1.165) is 38.4 Å². The van der Waals surface area contributed by atoms with E-state index in [1.165, 1.54) is 57.8 Å². The second-order valence-corrected chi connectivity index (χ2v) is 7.06. The first-order valence-electron chi connectivity index (χ1n) is 13.9. The summed E-state index contributed by atoms with van der Waals surface area (Å²) in [7, 11) is 5.43. The molecule has 0 atom stereocenters. The first-order valence-corrected chi connectivity index (χ1v) is 15.5. The van der Waals surface area contributed by atoms with Crippen LogP contribution in [0.2, 0.25) is 6.32 Å². The predicted molar refractivity (Wildman–Crippen MR) is 157 cm³/mol. The third kappa shape index (κ3) is 77.9. The molecule has 2 radical (unpaired) electrons. The molecule has 0 N–H and O–H groups in total. The molecule has 0 aromatic rings. The van der Waals surface area contributed by atoms with Crippen molar-refractivity contribution < 1.29 is 9.53 Å². The van der Waals surface area contributed by atoms with E-state index in [2.05, 4.69) is 50.5 Å². The van der Waals surface area contributed by atoms with E-state index in [1.54, 1.807) is 0 Å². The summed E-state index contributed by atoms with van der Waals surface area (Å²) in [6.45, 7) is 19.3. The smallest absolute Gasteiger partial charge is 0.305 e. The average molecular weight is 524 g/mol. The second kappa shape index (κ2) is 63.3. The largest absolute Gasteiger partial charge is 0.466 e. The molecule has 0 aliphatic rings. The van der Waals surface area contributed by atoms with E-state index in [9.17, 15) is 4.79 Å². The molecule has 0 rings (SSSR count). The third-order valence-corrected chi connectivity index (χ3v) is 3.60. The Morgan fingerprint density at radius 1 is 0.625 bits per heavy atom. The number of unbranched alkanes of at least 4 members (excludes halogenated alkanes) is 10. The fourth-order valence-electron chi connectivity index (χ4n) is 2.26. The lowest BCUT2D eigenvalue weighted by Crippen LogP contribution is -2.05. The number of halogens is 1. The molecule has 0 unspecified atom stereocenters. The van der Waals surface area contributed by atoms with Gasteiger partial charge in [0.25, 0.3) is 0 Å². The molecule has 0 aromatic carbocycles. The number of ether oxygens (including phenoxy) is 1. The first kappa shape index (κ1) is 45.5. The van der Waals surface area contributed by atoms with Gasteiger partial charge in [-0.15, -0.1) is 0 Å². The standard InChI is InChI=1S/C17H33BO2.2C3H8.2C2H6.CH3Br/c1-2-3-4-5-6-8-11-14-17(19)20-16-13-10-7-9-12-15-18;2*1-3-2;3*1-2/h2-16H2,1H3;2*3H2,1-2H3;2*1-2H3;1H3. The summed E-state index contributed by atoms with van der Waals surface area (Å²) in [6.07, 6.45) is 18.2. The van der Waals surface area contributed by atoms with Crippen LogP contribution in [0.1, 0.15) is 159 Å². The Balaban J connectivity index is -0.000000118. The highest BCUT2D eigenvalue weighted by molar-refractivity contribution is 9.08. The summed E-state index contributed by atoms with van der Waals surface area (Å²) in [4.78, 5) is 11.5. The minimum Gasteiger partial charge on any atom is -0.466 e. The first-order chi connectivity index (χ1) is 15.6. The van der Waals surface area contributed by atoms with Gasteiger partial charge in [-0.2, -0.15) is 0 Å².